The molecule has 0 spiro atoms. The lowest BCUT2D eigenvalue weighted by Gasteiger charge is -2.33. The molecule has 17 heavy (non-hydrogen) atoms. The zero-order chi connectivity index (χ0) is 12.6. The van der Waals surface area contributed by atoms with Gasteiger partial charge in [-0.05, 0) is 38.3 Å². The molecular formula is C13H21N3O. The van der Waals surface area contributed by atoms with E-state index in [0.717, 1.165) is 30.8 Å². The number of pyridine rings is 1. The molecule has 0 bridgehead atoms. The third-order valence-corrected chi connectivity index (χ3v) is 3.70. The van der Waals surface area contributed by atoms with Crippen LogP contribution in [0.4, 0.5) is 0 Å². The van der Waals surface area contributed by atoms with Gasteiger partial charge in [-0.1, -0.05) is 0 Å². The monoisotopic (exact) mass is 235 g/mol. The first kappa shape index (κ1) is 12.3. The molecule has 0 saturated heterocycles. The first-order chi connectivity index (χ1) is 8.04. The molecule has 1 aromatic rings. The SMILES string of the molecule is Cc1[nH]c(=O)c(CN)c2c1CN(C(C)C)CC2. The van der Waals surface area contributed by atoms with Gasteiger partial charge >= 0.3 is 0 Å². The average Bonchev–Trinajstić information content (AvgIpc) is 2.29. The average molecular weight is 235 g/mol. The Labute approximate surface area is 102 Å². The summed E-state index contributed by atoms with van der Waals surface area (Å²) < 4.78 is 0. The molecule has 0 amide bonds. The predicted molar refractivity (Wildman–Crippen MR) is 68.9 cm³/mol. The van der Waals surface area contributed by atoms with Gasteiger partial charge in [0.1, 0.15) is 0 Å². The normalized spacial score (nSPS) is 16.3. The van der Waals surface area contributed by atoms with E-state index in [-0.39, 0.29) is 5.56 Å². The Kier molecular flexibility index (Phi) is 3.35. The molecule has 0 aliphatic carbocycles. The molecule has 0 aromatic carbocycles. The summed E-state index contributed by atoms with van der Waals surface area (Å²) in [6.07, 6.45) is 0.935. The smallest absolute Gasteiger partial charge is 0.252 e. The van der Waals surface area contributed by atoms with E-state index in [9.17, 15) is 4.79 Å². The summed E-state index contributed by atoms with van der Waals surface area (Å²) in [5, 5.41) is 0. The molecule has 1 aromatic heterocycles. The first-order valence-electron chi connectivity index (χ1n) is 6.22. The van der Waals surface area contributed by atoms with Gasteiger partial charge in [-0.25, -0.2) is 0 Å². The number of fused-ring (bicyclic) bond motifs is 1. The second-order valence-electron chi connectivity index (χ2n) is 5.03. The van der Waals surface area contributed by atoms with Crippen LogP contribution in [0.3, 0.4) is 0 Å². The maximum Gasteiger partial charge on any atom is 0.252 e. The minimum atomic E-state index is -0.0123. The van der Waals surface area contributed by atoms with Gasteiger partial charge in [0, 0.05) is 36.9 Å². The second kappa shape index (κ2) is 4.63. The van der Waals surface area contributed by atoms with Gasteiger partial charge in [0.05, 0.1) is 0 Å². The number of hydrogen-bond donors (Lipinski definition) is 2. The largest absolute Gasteiger partial charge is 0.326 e. The first-order valence-corrected chi connectivity index (χ1v) is 6.22. The van der Waals surface area contributed by atoms with Crippen molar-refractivity contribution >= 4 is 0 Å². The lowest BCUT2D eigenvalue weighted by Crippen LogP contribution is -2.38. The lowest BCUT2D eigenvalue weighted by molar-refractivity contribution is 0.202. The maximum absolute atomic E-state index is 11.8. The van der Waals surface area contributed by atoms with Crippen LogP contribution in [0.5, 0.6) is 0 Å². The molecule has 0 saturated carbocycles. The van der Waals surface area contributed by atoms with E-state index in [1.165, 1.54) is 11.1 Å². The fourth-order valence-corrected chi connectivity index (χ4v) is 2.58. The fourth-order valence-electron chi connectivity index (χ4n) is 2.58. The number of rotatable bonds is 2. The van der Waals surface area contributed by atoms with Crippen molar-refractivity contribution in [3.8, 4) is 0 Å². The topological polar surface area (TPSA) is 62.1 Å². The molecule has 0 radical (unpaired) electrons. The predicted octanol–water partition coefficient (Wildman–Crippen LogP) is 0.909. The van der Waals surface area contributed by atoms with E-state index >= 15 is 0 Å². The van der Waals surface area contributed by atoms with Crippen molar-refractivity contribution in [2.24, 2.45) is 5.73 Å². The minimum absolute atomic E-state index is 0.0123. The van der Waals surface area contributed by atoms with Gasteiger partial charge in [-0.15, -0.1) is 0 Å². The van der Waals surface area contributed by atoms with Crippen LogP contribution in [0.1, 0.15) is 36.2 Å². The van der Waals surface area contributed by atoms with Crippen LogP contribution < -0.4 is 11.3 Å². The molecular weight excluding hydrogens is 214 g/mol. The van der Waals surface area contributed by atoms with E-state index in [2.05, 4.69) is 23.7 Å². The van der Waals surface area contributed by atoms with Crippen LogP contribution in [0.2, 0.25) is 0 Å². The molecule has 94 valence electrons. The Morgan fingerprint density at radius 3 is 2.71 bits per heavy atom. The van der Waals surface area contributed by atoms with Gasteiger partial charge in [0.2, 0.25) is 0 Å². The number of aromatic amines is 1. The summed E-state index contributed by atoms with van der Waals surface area (Å²) in [6, 6.07) is 0.538. The van der Waals surface area contributed by atoms with Crippen LogP contribution >= 0.6 is 0 Å². The van der Waals surface area contributed by atoms with Crippen molar-refractivity contribution in [2.75, 3.05) is 6.54 Å². The van der Waals surface area contributed by atoms with Crippen molar-refractivity contribution in [1.29, 1.82) is 0 Å². The molecule has 2 rings (SSSR count). The highest BCUT2D eigenvalue weighted by molar-refractivity contribution is 5.38. The fraction of sp³-hybridized carbons (Fsp3) is 0.615. The summed E-state index contributed by atoms with van der Waals surface area (Å²) in [5.74, 6) is 0. The van der Waals surface area contributed by atoms with Crippen molar-refractivity contribution in [3.05, 3.63) is 32.7 Å². The Bertz CT molecular complexity index is 476. The van der Waals surface area contributed by atoms with Gasteiger partial charge < -0.3 is 10.7 Å². The van der Waals surface area contributed by atoms with Crippen molar-refractivity contribution < 1.29 is 0 Å². The molecule has 4 nitrogen and oxygen atoms in total. The molecule has 3 N–H and O–H groups in total. The van der Waals surface area contributed by atoms with Crippen molar-refractivity contribution in [1.82, 2.24) is 9.88 Å². The zero-order valence-electron chi connectivity index (χ0n) is 10.8. The van der Waals surface area contributed by atoms with Crippen LogP contribution in [0, 0.1) is 6.92 Å². The Morgan fingerprint density at radius 2 is 2.12 bits per heavy atom. The molecule has 4 heteroatoms. The molecule has 0 fully saturated rings. The summed E-state index contributed by atoms with van der Waals surface area (Å²) in [7, 11) is 0. The molecule has 2 heterocycles. The third-order valence-electron chi connectivity index (χ3n) is 3.70. The van der Waals surface area contributed by atoms with Crippen molar-refractivity contribution in [2.45, 2.75) is 46.3 Å². The Hall–Kier alpha value is -1.13. The summed E-state index contributed by atoms with van der Waals surface area (Å²) in [4.78, 5) is 17.1. The van der Waals surface area contributed by atoms with E-state index in [1.807, 2.05) is 6.92 Å². The quantitative estimate of drug-likeness (QED) is 0.801. The number of aryl methyl sites for hydroxylation is 1. The summed E-state index contributed by atoms with van der Waals surface area (Å²) in [6.45, 7) is 8.65. The minimum Gasteiger partial charge on any atom is -0.326 e. The summed E-state index contributed by atoms with van der Waals surface area (Å²) >= 11 is 0. The third kappa shape index (κ3) is 2.15. The highest BCUT2D eigenvalue weighted by atomic mass is 16.1. The molecule has 1 aliphatic heterocycles. The van der Waals surface area contributed by atoms with Crippen LogP contribution in [-0.4, -0.2) is 22.5 Å². The maximum atomic E-state index is 11.8. The van der Waals surface area contributed by atoms with E-state index < -0.39 is 0 Å². The number of aromatic nitrogens is 1. The summed E-state index contributed by atoms with van der Waals surface area (Å²) in [5.41, 5.74) is 9.89. The molecule has 0 atom stereocenters. The van der Waals surface area contributed by atoms with Gasteiger partial charge in [0.15, 0.2) is 0 Å². The molecule has 0 unspecified atom stereocenters. The van der Waals surface area contributed by atoms with Crippen LogP contribution in [-0.2, 0) is 19.5 Å². The number of nitrogens with zero attached hydrogens (tertiary/aromatic N) is 1. The number of nitrogens with two attached hydrogens (primary N) is 1. The highest BCUT2D eigenvalue weighted by Gasteiger charge is 2.23. The van der Waals surface area contributed by atoms with E-state index in [4.69, 9.17) is 5.73 Å². The lowest BCUT2D eigenvalue weighted by atomic mass is 9.94. The standard InChI is InChI=1S/C13H21N3O/c1-8(2)16-5-4-10-11(6-14)13(17)15-9(3)12(10)7-16/h8H,4-7,14H2,1-3H3,(H,15,17). The van der Waals surface area contributed by atoms with Crippen LogP contribution in [0.15, 0.2) is 4.79 Å². The van der Waals surface area contributed by atoms with Crippen molar-refractivity contribution in [3.63, 3.8) is 0 Å². The van der Waals surface area contributed by atoms with E-state index in [1.54, 1.807) is 0 Å². The highest BCUT2D eigenvalue weighted by Crippen LogP contribution is 2.23. The zero-order valence-corrected chi connectivity index (χ0v) is 10.8. The van der Waals surface area contributed by atoms with Crippen LogP contribution in [0.25, 0.3) is 0 Å². The second-order valence-corrected chi connectivity index (χ2v) is 5.03. The Morgan fingerprint density at radius 1 is 1.41 bits per heavy atom. The Balaban J connectivity index is 2.48. The van der Waals surface area contributed by atoms with Gasteiger partial charge in [-0.3, -0.25) is 9.69 Å². The number of hydrogen-bond acceptors (Lipinski definition) is 3. The number of H-pyrrole nitrogens is 1. The van der Waals surface area contributed by atoms with Gasteiger partial charge in [-0.2, -0.15) is 0 Å². The van der Waals surface area contributed by atoms with E-state index in [0.29, 0.717) is 12.6 Å². The number of nitrogens with one attached hydrogen (secondary N) is 1. The molecule has 1 aliphatic rings. The van der Waals surface area contributed by atoms with Gasteiger partial charge in [0.25, 0.3) is 5.56 Å².